The second kappa shape index (κ2) is 6.54. The Labute approximate surface area is 126 Å². The number of ether oxygens (including phenoxy) is 1. The van der Waals surface area contributed by atoms with Crippen molar-refractivity contribution in [2.24, 2.45) is 5.92 Å². The lowest BCUT2D eigenvalue weighted by molar-refractivity contribution is 0.0461. The van der Waals surface area contributed by atoms with E-state index in [1.54, 1.807) is 0 Å². The molecule has 0 aromatic carbocycles. The summed E-state index contributed by atoms with van der Waals surface area (Å²) in [5, 5.41) is 4.74. The predicted molar refractivity (Wildman–Crippen MR) is 83.4 cm³/mol. The number of aryl methyl sites for hydroxylation is 1. The molecule has 0 bridgehead atoms. The zero-order valence-corrected chi connectivity index (χ0v) is 13.5. The zero-order chi connectivity index (χ0) is 13.9. The van der Waals surface area contributed by atoms with Gasteiger partial charge >= 0.3 is 0 Å². The summed E-state index contributed by atoms with van der Waals surface area (Å²) in [6, 6.07) is 0. The third-order valence-corrected chi connectivity index (χ3v) is 5.56. The van der Waals surface area contributed by atoms with Crippen molar-refractivity contribution >= 4 is 11.3 Å². The van der Waals surface area contributed by atoms with Crippen LogP contribution in [0, 0.1) is 5.92 Å². The minimum Gasteiger partial charge on any atom is -0.371 e. The van der Waals surface area contributed by atoms with Gasteiger partial charge in [0, 0.05) is 23.9 Å². The first-order chi connectivity index (χ1) is 9.83. The van der Waals surface area contributed by atoms with Gasteiger partial charge in [0.1, 0.15) is 11.1 Å². The predicted octanol–water partition coefficient (Wildman–Crippen LogP) is 3.66. The first-order valence-corrected chi connectivity index (χ1v) is 8.96. The Morgan fingerprint density at radius 2 is 2.20 bits per heavy atom. The number of nitrogens with zero attached hydrogens (tertiary/aromatic N) is 1. The molecule has 2 atom stereocenters. The van der Waals surface area contributed by atoms with Crippen LogP contribution < -0.4 is 5.32 Å². The van der Waals surface area contributed by atoms with Crippen molar-refractivity contribution in [2.75, 3.05) is 19.7 Å². The summed E-state index contributed by atoms with van der Waals surface area (Å²) in [6.45, 7) is 7.19. The molecule has 1 saturated carbocycles. The summed E-state index contributed by atoms with van der Waals surface area (Å²) in [7, 11) is 0. The highest BCUT2D eigenvalue weighted by Crippen LogP contribution is 2.46. The molecule has 2 unspecified atom stereocenters. The molecule has 1 heterocycles. The third kappa shape index (κ3) is 3.07. The Morgan fingerprint density at radius 1 is 1.35 bits per heavy atom. The van der Waals surface area contributed by atoms with Gasteiger partial charge in [-0.3, -0.25) is 0 Å². The first kappa shape index (κ1) is 14.5. The fourth-order valence-corrected chi connectivity index (χ4v) is 4.49. The van der Waals surface area contributed by atoms with Crippen LogP contribution in [-0.2, 0) is 11.2 Å². The maximum atomic E-state index is 5.98. The molecule has 20 heavy (non-hydrogen) atoms. The molecular formula is C16H26N2OS. The van der Waals surface area contributed by atoms with Gasteiger partial charge < -0.3 is 10.1 Å². The monoisotopic (exact) mass is 294 g/mol. The SMILES string of the molecule is CCNCC1CCCc2sc(C(OCC)C3CC3)nc21. The Morgan fingerprint density at radius 3 is 2.90 bits per heavy atom. The van der Waals surface area contributed by atoms with Crippen molar-refractivity contribution < 1.29 is 4.74 Å². The van der Waals surface area contributed by atoms with E-state index in [1.807, 2.05) is 11.3 Å². The molecule has 1 aromatic heterocycles. The third-order valence-electron chi connectivity index (χ3n) is 4.37. The van der Waals surface area contributed by atoms with Crippen LogP contribution in [0.15, 0.2) is 0 Å². The number of likely N-dealkylation sites (N-methyl/N-ethyl adjacent to an activating group) is 1. The van der Waals surface area contributed by atoms with E-state index in [0.29, 0.717) is 5.92 Å². The van der Waals surface area contributed by atoms with Gasteiger partial charge in [-0.05, 0) is 51.5 Å². The fourth-order valence-electron chi connectivity index (χ4n) is 3.15. The van der Waals surface area contributed by atoms with Crippen LogP contribution in [-0.4, -0.2) is 24.7 Å². The van der Waals surface area contributed by atoms with Crippen LogP contribution in [0.25, 0.3) is 0 Å². The molecule has 2 aliphatic rings. The summed E-state index contributed by atoms with van der Waals surface area (Å²) in [5.41, 5.74) is 1.38. The highest BCUT2D eigenvalue weighted by atomic mass is 32.1. The summed E-state index contributed by atoms with van der Waals surface area (Å²) in [5.74, 6) is 1.35. The molecule has 112 valence electrons. The smallest absolute Gasteiger partial charge is 0.122 e. The van der Waals surface area contributed by atoms with Gasteiger partial charge in [0.05, 0.1) is 5.69 Å². The Balaban J connectivity index is 1.78. The van der Waals surface area contributed by atoms with Gasteiger partial charge in [-0.25, -0.2) is 4.98 Å². The lowest BCUT2D eigenvalue weighted by atomic mass is 9.91. The molecule has 0 radical (unpaired) electrons. The zero-order valence-electron chi connectivity index (χ0n) is 12.7. The van der Waals surface area contributed by atoms with Crippen LogP contribution in [0.1, 0.15) is 67.1 Å². The number of nitrogens with one attached hydrogen (secondary N) is 1. The largest absolute Gasteiger partial charge is 0.371 e. The van der Waals surface area contributed by atoms with Crippen LogP contribution in [0.3, 0.4) is 0 Å². The molecular weight excluding hydrogens is 268 g/mol. The van der Waals surface area contributed by atoms with E-state index in [0.717, 1.165) is 25.6 Å². The Bertz CT molecular complexity index is 442. The molecule has 0 aliphatic heterocycles. The van der Waals surface area contributed by atoms with E-state index >= 15 is 0 Å². The number of fused-ring (bicyclic) bond motifs is 1. The van der Waals surface area contributed by atoms with Crippen LogP contribution in [0.4, 0.5) is 0 Å². The second-order valence-electron chi connectivity index (χ2n) is 5.97. The molecule has 3 rings (SSSR count). The highest BCUT2D eigenvalue weighted by Gasteiger charge is 2.36. The van der Waals surface area contributed by atoms with E-state index < -0.39 is 0 Å². The van der Waals surface area contributed by atoms with Crippen molar-refractivity contribution in [3.8, 4) is 0 Å². The molecule has 0 spiro atoms. The quantitative estimate of drug-likeness (QED) is 0.833. The maximum absolute atomic E-state index is 5.98. The lowest BCUT2D eigenvalue weighted by Gasteiger charge is -2.21. The molecule has 0 saturated heterocycles. The molecule has 1 N–H and O–H groups in total. The molecule has 1 fully saturated rings. The standard InChI is InChI=1S/C16H26N2OS/c1-3-17-10-12-6-5-7-13-14(12)18-16(20-13)15(19-4-2)11-8-9-11/h11-12,15,17H,3-10H2,1-2H3. The number of thiazole rings is 1. The minimum absolute atomic E-state index is 0.274. The second-order valence-corrected chi connectivity index (χ2v) is 7.09. The molecule has 2 aliphatic carbocycles. The van der Waals surface area contributed by atoms with Crippen LogP contribution >= 0.6 is 11.3 Å². The summed E-state index contributed by atoms with van der Waals surface area (Å²) >= 11 is 1.93. The summed E-state index contributed by atoms with van der Waals surface area (Å²) < 4.78 is 5.98. The van der Waals surface area contributed by atoms with Crippen molar-refractivity contribution in [3.63, 3.8) is 0 Å². The Kier molecular flexibility index (Phi) is 4.74. The molecule has 0 amide bonds. The maximum Gasteiger partial charge on any atom is 0.122 e. The van der Waals surface area contributed by atoms with E-state index in [4.69, 9.17) is 9.72 Å². The normalized spacial score (nSPS) is 23.6. The van der Waals surface area contributed by atoms with Gasteiger partial charge in [0.2, 0.25) is 0 Å². The Hall–Kier alpha value is -0.450. The minimum atomic E-state index is 0.274. The number of aromatic nitrogens is 1. The van der Waals surface area contributed by atoms with Crippen LogP contribution in [0.5, 0.6) is 0 Å². The van der Waals surface area contributed by atoms with Crippen molar-refractivity contribution in [2.45, 2.75) is 58.0 Å². The topological polar surface area (TPSA) is 34.1 Å². The average Bonchev–Trinajstić information content (AvgIpc) is 3.20. The number of rotatable bonds is 7. The van der Waals surface area contributed by atoms with E-state index in [-0.39, 0.29) is 6.10 Å². The summed E-state index contributed by atoms with van der Waals surface area (Å²) in [4.78, 5) is 6.55. The van der Waals surface area contributed by atoms with E-state index in [1.165, 1.54) is 47.7 Å². The van der Waals surface area contributed by atoms with Crippen LogP contribution in [0.2, 0.25) is 0 Å². The van der Waals surface area contributed by atoms with Gasteiger partial charge in [0.25, 0.3) is 0 Å². The summed E-state index contributed by atoms with van der Waals surface area (Å²) in [6.07, 6.45) is 6.72. The van der Waals surface area contributed by atoms with Crippen molar-refractivity contribution in [1.29, 1.82) is 0 Å². The van der Waals surface area contributed by atoms with E-state index in [2.05, 4.69) is 19.2 Å². The van der Waals surface area contributed by atoms with Crippen molar-refractivity contribution in [1.82, 2.24) is 10.3 Å². The number of hydrogen-bond donors (Lipinski definition) is 1. The molecule has 1 aromatic rings. The first-order valence-electron chi connectivity index (χ1n) is 8.15. The molecule has 3 nitrogen and oxygen atoms in total. The van der Waals surface area contributed by atoms with Gasteiger partial charge in [-0.1, -0.05) is 6.92 Å². The average molecular weight is 294 g/mol. The van der Waals surface area contributed by atoms with E-state index in [9.17, 15) is 0 Å². The van der Waals surface area contributed by atoms with Gasteiger partial charge in [-0.2, -0.15) is 0 Å². The number of hydrogen-bond acceptors (Lipinski definition) is 4. The van der Waals surface area contributed by atoms with Crippen molar-refractivity contribution in [3.05, 3.63) is 15.6 Å². The van der Waals surface area contributed by atoms with Gasteiger partial charge in [0.15, 0.2) is 0 Å². The highest BCUT2D eigenvalue weighted by molar-refractivity contribution is 7.11. The lowest BCUT2D eigenvalue weighted by Crippen LogP contribution is -2.24. The van der Waals surface area contributed by atoms with Gasteiger partial charge in [-0.15, -0.1) is 11.3 Å². The molecule has 4 heteroatoms. The fraction of sp³-hybridized carbons (Fsp3) is 0.812.